The SMILES string of the molecule is S=C(S)NCCCCCCCCCCCCCCCCCCCCCCCCCCCCCCCCS. The Bertz CT molecular complexity index is 430. The Morgan fingerprint density at radius 3 is 0.730 bits per heavy atom. The molecule has 0 aliphatic carbocycles. The van der Waals surface area contributed by atoms with Crippen LogP contribution in [0.15, 0.2) is 0 Å². The second-order valence-electron chi connectivity index (χ2n) is 11.6. The maximum absolute atomic E-state index is 4.90. The highest BCUT2D eigenvalue weighted by Gasteiger charge is 1.97. The molecule has 1 N–H and O–H groups in total. The third-order valence-corrected chi connectivity index (χ3v) is 8.48. The molecular formula is C33H67NS3. The first kappa shape index (κ1) is 37.6. The summed E-state index contributed by atoms with van der Waals surface area (Å²) < 4.78 is 0.629. The van der Waals surface area contributed by atoms with E-state index in [0.29, 0.717) is 4.32 Å². The number of thiol groups is 2. The molecule has 0 aromatic carbocycles. The molecule has 0 bridgehead atoms. The Morgan fingerprint density at radius 2 is 0.541 bits per heavy atom. The molecule has 0 amide bonds. The van der Waals surface area contributed by atoms with Crippen LogP contribution in [-0.4, -0.2) is 16.6 Å². The first-order chi connectivity index (χ1) is 18.3. The summed E-state index contributed by atoms with van der Waals surface area (Å²) in [5, 5.41) is 3.11. The summed E-state index contributed by atoms with van der Waals surface area (Å²) in [6.07, 6.45) is 43.2. The van der Waals surface area contributed by atoms with Crippen molar-refractivity contribution in [1.29, 1.82) is 0 Å². The maximum atomic E-state index is 4.90. The van der Waals surface area contributed by atoms with Crippen LogP contribution < -0.4 is 5.32 Å². The molecule has 1 nitrogen and oxygen atoms in total. The molecule has 0 aromatic rings. The molecule has 0 saturated heterocycles. The zero-order chi connectivity index (χ0) is 26.9. The monoisotopic (exact) mass is 573 g/mol. The van der Waals surface area contributed by atoms with Gasteiger partial charge in [-0.1, -0.05) is 192 Å². The van der Waals surface area contributed by atoms with Crippen LogP contribution in [0.1, 0.15) is 193 Å². The minimum atomic E-state index is 0.629. The highest BCUT2D eigenvalue weighted by atomic mass is 32.1. The first-order valence-electron chi connectivity index (χ1n) is 16.8. The zero-order valence-electron chi connectivity index (χ0n) is 24.9. The van der Waals surface area contributed by atoms with Crippen molar-refractivity contribution in [3.8, 4) is 0 Å². The van der Waals surface area contributed by atoms with Crippen molar-refractivity contribution in [2.24, 2.45) is 0 Å². The Morgan fingerprint density at radius 1 is 0.351 bits per heavy atom. The van der Waals surface area contributed by atoms with E-state index in [0.717, 1.165) is 12.3 Å². The number of unbranched alkanes of at least 4 members (excludes halogenated alkanes) is 29. The lowest BCUT2D eigenvalue weighted by molar-refractivity contribution is 0.513. The lowest BCUT2D eigenvalue weighted by atomic mass is 10.0. The van der Waals surface area contributed by atoms with Gasteiger partial charge < -0.3 is 5.32 Å². The molecule has 0 heterocycles. The van der Waals surface area contributed by atoms with Gasteiger partial charge in [-0.3, -0.25) is 0 Å². The summed E-state index contributed by atoms with van der Waals surface area (Å²) >= 11 is 13.3. The average molecular weight is 574 g/mol. The van der Waals surface area contributed by atoms with E-state index in [2.05, 4.69) is 30.6 Å². The molecule has 4 heteroatoms. The van der Waals surface area contributed by atoms with Gasteiger partial charge in [0.15, 0.2) is 0 Å². The fourth-order valence-electron chi connectivity index (χ4n) is 5.38. The quantitative estimate of drug-likeness (QED) is 0.0420. The molecule has 0 spiro atoms. The predicted molar refractivity (Wildman–Crippen MR) is 182 cm³/mol. The highest BCUT2D eigenvalue weighted by molar-refractivity contribution is 8.11. The van der Waals surface area contributed by atoms with Gasteiger partial charge in [-0.2, -0.15) is 12.6 Å². The van der Waals surface area contributed by atoms with E-state index in [9.17, 15) is 0 Å². The standard InChI is InChI=1S/C33H67NS3/c35-32-30-28-26-24-22-20-18-16-14-12-10-8-6-4-2-1-3-5-7-9-11-13-15-17-19-21-23-25-27-29-31-34-33(36)37/h35H,1-32H2,(H2,34,36,37). The largest absolute Gasteiger partial charge is 0.371 e. The van der Waals surface area contributed by atoms with E-state index in [4.69, 9.17) is 12.2 Å². The second-order valence-corrected chi connectivity index (χ2v) is 13.2. The zero-order valence-corrected chi connectivity index (χ0v) is 27.5. The molecule has 0 radical (unpaired) electrons. The van der Waals surface area contributed by atoms with Crippen LogP contribution in [0.25, 0.3) is 0 Å². The summed E-state index contributed by atoms with van der Waals surface area (Å²) in [6, 6.07) is 0. The highest BCUT2D eigenvalue weighted by Crippen LogP contribution is 2.16. The van der Waals surface area contributed by atoms with E-state index >= 15 is 0 Å². The summed E-state index contributed by atoms with van der Waals surface area (Å²) in [5.74, 6) is 1.07. The van der Waals surface area contributed by atoms with E-state index in [1.54, 1.807) is 0 Å². The number of rotatable bonds is 32. The van der Waals surface area contributed by atoms with Crippen molar-refractivity contribution < 1.29 is 0 Å². The van der Waals surface area contributed by atoms with Gasteiger partial charge >= 0.3 is 0 Å². The normalized spacial score (nSPS) is 11.3. The van der Waals surface area contributed by atoms with Crippen LogP contribution >= 0.6 is 37.5 Å². The number of thiocarbonyl (C=S) groups is 1. The van der Waals surface area contributed by atoms with Gasteiger partial charge in [0.25, 0.3) is 0 Å². The Balaban J connectivity index is 3.02. The molecule has 0 aliphatic rings. The van der Waals surface area contributed by atoms with Gasteiger partial charge in [0.2, 0.25) is 0 Å². The topological polar surface area (TPSA) is 12.0 Å². The van der Waals surface area contributed by atoms with Crippen molar-refractivity contribution in [3.05, 3.63) is 0 Å². The van der Waals surface area contributed by atoms with Gasteiger partial charge in [0.05, 0.1) is 0 Å². The van der Waals surface area contributed by atoms with Gasteiger partial charge in [-0.05, 0) is 18.6 Å². The van der Waals surface area contributed by atoms with Crippen LogP contribution in [0.3, 0.4) is 0 Å². The lowest BCUT2D eigenvalue weighted by Crippen LogP contribution is -2.17. The smallest absolute Gasteiger partial charge is 0.130 e. The van der Waals surface area contributed by atoms with Crippen molar-refractivity contribution in [2.75, 3.05) is 12.3 Å². The number of nitrogens with one attached hydrogen (secondary N) is 1. The van der Waals surface area contributed by atoms with E-state index in [-0.39, 0.29) is 0 Å². The summed E-state index contributed by atoms with van der Waals surface area (Å²) in [6.45, 7) is 0.987. The van der Waals surface area contributed by atoms with E-state index < -0.39 is 0 Å². The van der Waals surface area contributed by atoms with E-state index in [1.807, 2.05) is 0 Å². The number of hydrogen-bond donors (Lipinski definition) is 3. The minimum Gasteiger partial charge on any atom is -0.371 e. The van der Waals surface area contributed by atoms with Crippen molar-refractivity contribution in [2.45, 2.75) is 193 Å². The molecule has 0 unspecified atom stereocenters. The second kappa shape index (κ2) is 34.6. The molecule has 0 atom stereocenters. The maximum Gasteiger partial charge on any atom is 0.130 e. The molecule has 37 heavy (non-hydrogen) atoms. The average Bonchev–Trinajstić information content (AvgIpc) is 2.89. The van der Waals surface area contributed by atoms with Crippen molar-refractivity contribution in [1.82, 2.24) is 5.32 Å². The Kier molecular flexibility index (Phi) is 35.2. The molecule has 222 valence electrons. The predicted octanol–water partition coefficient (Wildman–Crippen LogP) is 12.4. The van der Waals surface area contributed by atoms with Crippen LogP contribution in [0, 0.1) is 0 Å². The van der Waals surface area contributed by atoms with Crippen LogP contribution in [-0.2, 0) is 0 Å². The third-order valence-electron chi connectivity index (χ3n) is 7.86. The van der Waals surface area contributed by atoms with Crippen LogP contribution in [0.4, 0.5) is 0 Å². The van der Waals surface area contributed by atoms with E-state index in [1.165, 1.54) is 193 Å². The number of hydrogen-bond acceptors (Lipinski definition) is 2. The van der Waals surface area contributed by atoms with Gasteiger partial charge in [-0.15, -0.1) is 12.6 Å². The third kappa shape index (κ3) is 36.6. The van der Waals surface area contributed by atoms with Gasteiger partial charge in [0, 0.05) is 6.54 Å². The molecule has 0 fully saturated rings. The molecule has 0 aliphatic heterocycles. The fraction of sp³-hybridized carbons (Fsp3) is 0.970. The van der Waals surface area contributed by atoms with Crippen LogP contribution in [0.2, 0.25) is 0 Å². The van der Waals surface area contributed by atoms with Crippen LogP contribution in [0.5, 0.6) is 0 Å². The Hall–Kier alpha value is 0.590. The lowest BCUT2D eigenvalue weighted by Gasteiger charge is -2.05. The molecule has 0 rings (SSSR count). The van der Waals surface area contributed by atoms with Crippen molar-refractivity contribution >= 4 is 41.8 Å². The molecule has 0 aromatic heterocycles. The Labute approximate surface area is 251 Å². The summed E-state index contributed by atoms with van der Waals surface area (Å²) in [4.78, 5) is 0. The van der Waals surface area contributed by atoms with Gasteiger partial charge in [0.1, 0.15) is 4.32 Å². The summed E-state index contributed by atoms with van der Waals surface area (Å²) in [5.41, 5.74) is 0. The molecule has 0 saturated carbocycles. The molecular weight excluding hydrogens is 507 g/mol. The minimum absolute atomic E-state index is 0.629. The van der Waals surface area contributed by atoms with Gasteiger partial charge in [-0.25, -0.2) is 0 Å². The first-order valence-corrected chi connectivity index (χ1v) is 18.3. The fourth-order valence-corrected chi connectivity index (χ4v) is 5.82. The summed E-state index contributed by atoms with van der Waals surface area (Å²) in [7, 11) is 0. The van der Waals surface area contributed by atoms with Crippen molar-refractivity contribution in [3.63, 3.8) is 0 Å².